The Hall–Kier alpha value is -2.17. The highest BCUT2D eigenvalue weighted by Crippen LogP contribution is 2.22. The molecule has 0 aliphatic carbocycles. The van der Waals surface area contributed by atoms with E-state index < -0.39 is 22.2 Å². The number of carbonyl (C=O) groups is 2. The SMILES string of the molecule is CCOC(=O)C(COCCCC1CCN(C(=O)OCc2ccccc2)CC1)OS(C)(=O)=O. The number of hydrogen-bond acceptors (Lipinski definition) is 8. The Balaban J connectivity index is 1.61. The number of hydrogen-bond donors (Lipinski definition) is 0. The van der Waals surface area contributed by atoms with Crippen molar-refractivity contribution in [1.29, 1.82) is 0 Å². The number of esters is 1. The number of likely N-dealkylation sites (tertiary alicyclic amines) is 1. The van der Waals surface area contributed by atoms with Gasteiger partial charge in [-0.15, -0.1) is 0 Å². The van der Waals surface area contributed by atoms with Gasteiger partial charge < -0.3 is 19.1 Å². The highest BCUT2D eigenvalue weighted by molar-refractivity contribution is 7.86. The van der Waals surface area contributed by atoms with Crippen molar-refractivity contribution in [2.45, 2.75) is 45.3 Å². The summed E-state index contributed by atoms with van der Waals surface area (Å²) in [6.45, 7) is 3.54. The molecule has 1 atom stereocenters. The lowest BCUT2D eigenvalue weighted by atomic mass is 9.92. The van der Waals surface area contributed by atoms with Crippen molar-refractivity contribution in [3.05, 3.63) is 35.9 Å². The van der Waals surface area contributed by atoms with Crippen molar-refractivity contribution in [3.8, 4) is 0 Å². The topological polar surface area (TPSA) is 108 Å². The molecule has 1 unspecified atom stereocenters. The number of rotatable bonds is 12. The maximum Gasteiger partial charge on any atom is 0.410 e. The largest absolute Gasteiger partial charge is 0.464 e. The first-order chi connectivity index (χ1) is 15.3. The van der Waals surface area contributed by atoms with E-state index in [1.54, 1.807) is 11.8 Å². The Morgan fingerprint density at radius 3 is 2.44 bits per heavy atom. The number of nitrogens with zero attached hydrogens (tertiary/aromatic N) is 1. The minimum atomic E-state index is -3.80. The minimum absolute atomic E-state index is 0.126. The van der Waals surface area contributed by atoms with Crippen LogP contribution in [0.15, 0.2) is 30.3 Å². The molecule has 0 spiro atoms. The van der Waals surface area contributed by atoms with Gasteiger partial charge in [-0.05, 0) is 44.1 Å². The molecule has 32 heavy (non-hydrogen) atoms. The van der Waals surface area contributed by atoms with Crippen LogP contribution in [0.4, 0.5) is 4.79 Å². The molecule has 1 aromatic rings. The van der Waals surface area contributed by atoms with Gasteiger partial charge in [0.2, 0.25) is 0 Å². The molecule has 1 aliphatic heterocycles. The van der Waals surface area contributed by atoms with Gasteiger partial charge in [0.25, 0.3) is 10.1 Å². The molecule has 1 aliphatic rings. The Morgan fingerprint density at radius 1 is 1.12 bits per heavy atom. The van der Waals surface area contributed by atoms with E-state index in [0.717, 1.165) is 37.5 Å². The number of amides is 1. The molecular formula is C22H33NO8S. The molecule has 180 valence electrons. The van der Waals surface area contributed by atoms with E-state index in [9.17, 15) is 18.0 Å². The zero-order valence-corrected chi connectivity index (χ0v) is 19.6. The molecule has 2 rings (SSSR count). The molecule has 0 aromatic heterocycles. The summed E-state index contributed by atoms with van der Waals surface area (Å²) in [6.07, 6.45) is 2.76. The molecule has 1 amide bonds. The molecule has 0 saturated carbocycles. The lowest BCUT2D eigenvalue weighted by molar-refractivity contribution is -0.154. The van der Waals surface area contributed by atoms with E-state index in [4.69, 9.17) is 18.4 Å². The van der Waals surface area contributed by atoms with Crippen LogP contribution < -0.4 is 0 Å². The average molecular weight is 472 g/mol. The Kier molecular flexibility index (Phi) is 10.9. The summed E-state index contributed by atoms with van der Waals surface area (Å²) in [5.74, 6) is -0.283. The summed E-state index contributed by atoms with van der Waals surface area (Å²) < 4.78 is 43.0. The molecule has 1 heterocycles. The average Bonchev–Trinajstić information content (AvgIpc) is 2.77. The van der Waals surface area contributed by atoms with E-state index in [-0.39, 0.29) is 25.9 Å². The maximum atomic E-state index is 12.2. The van der Waals surface area contributed by atoms with Gasteiger partial charge in [-0.3, -0.25) is 4.18 Å². The van der Waals surface area contributed by atoms with Gasteiger partial charge in [0.1, 0.15) is 6.61 Å². The van der Waals surface area contributed by atoms with Crippen LogP contribution in [0, 0.1) is 5.92 Å². The fourth-order valence-corrected chi connectivity index (χ4v) is 4.02. The summed E-state index contributed by atoms with van der Waals surface area (Å²) in [5, 5.41) is 0. The van der Waals surface area contributed by atoms with Crippen LogP contribution in [0.5, 0.6) is 0 Å². The van der Waals surface area contributed by atoms with Gasteiger partial charge in [0.05, 0.1) is 19.5 Å². The van der Waals surface area contributed by atoms with Crippen LogP contribution in [0.1, 0.15) is 38.2 Å². The first-order valence-electron chi connectivity index (χ1n) is 10.9. The third-order valence-corrected chi connectivity index (χ3v) is 5.67. The maximum absolute atomic E-state index is 12.2. The molecule has 1 fully saturated rings. The quantitative estimate of drug-likeness (QED) is 0.260. The Morgan fingerprint density at radius 2 is 1.81 bits per heavy atom. The summed E-state index contributed by atoms with van der Waals surface area (Å²) in [4.78, 5) is 25.8. The van der Waals surface area contributed by atoms with E-state index >= 15 is 0 Å². The molecule has 0 bridgehead atoms. The molecule has 0 radical (unpaired) electrons. The molecule has 0 N–H and O–H groups in total. The third kappa shape index (κ3) is 9.97. The molecule has 1 aromatic carbocycles. The predicted octanol–water partition coefficient (Wildman–Crippen LogP) is 2.74. The second-order valence-electron chi connectivity index (χ2n) is 7.73. The van der Waals surface area contributed by atoms with Crippen LogP contribution in [-0.4, -0.2) is 70.7 Å². The van der Waals surface area contributed by atoms with E-state index in [1.807, 2.05) is 30.3 Å². The molecule has 10 heteroatoms. The van der Waals surface area contributed by atoms with Gasteiger partial charge in [-0.2, -0.15) is 8.42 Å². The van der Waals surface area contributed by atoms with E-state index in [1.165, 1.54) is 0 Å². The normalized spacial score (nSPS) is 15.9. The van der Waals surface area contributed by atoms with E-state index in [2.05, 4.69) is 0 Å². The molecule has 1 saturated heterocycles. The van der Waals surface area contributed by atoms with Gasteiger partial charge >= 0.3 is 12.1 Å². The zero-order valence-electron chi connectivity index (χ0n) is 18.7. The number of carbonyl (C=O) groups excluding carboxylic acids is 2. The summed E-state index contributed by atoms with van der Waals surface area (Å²) in [7, 11) is -3.80. The highest BCUT2D eigenvalue weighted by atomic mass is 32.2. The van der Waals surface area contributed by atoms with E-state index in [0.29, 0.717) is 25.6 Å². The second kappa shape index (κ2) is 13.4. The summed E-state index contributed by atoms with van der Waals surface area (Å²) in [6, 6.07) is 9.58. The first-order valence-corrected chi connectivity index (χ1v) is 12.7. The number of benzene rings is 1. The Labute approximate surface area is 190 Å². The van der Waals surface area contributed by atoms with Gasteiger partial charge in [-0.1, -0.05) is 30.3 Å². The van der Waals surface area contributed by atoms with Crippen molar-refractivity contribution in [2.24, 2.45) is 5.92 Å². The lowest BCUT2D eigenvalue weighted by Crippen LogP contribution is -2.38. The smallest absolute Gasteiger partial charge is 0.410 e. The van der Waals surface area contributed by atoms with Crippen molar-refractivity contribution < 1.29 is 36.4 Å². The van der Waals surface area contributed by atoms with Crippen LogP contribution in [0.25, 0.3) is 0 Å². The van der Waals surface area contributed by atoms with Crippen molar-refractivity contribution in [3.63, 3.8) is 0 Å². The number of piperidine rings is 1. The molecule has 9 nitrogen and oxygen atoms in total. The standard InChI is InChI=1S/C22H33NO8S/c1-3-29-21(24)20(31-32(2,26)27)17-28-15-7-10-18-11-13-23(14-12-18)22(25)30-16-19-8-5-4-6-9-19/h4-6,8-9,18,20H,3,7,10-17H2,1-2H3. The highest BCUT2D eigenvalue weighted by Gasteiger charge is 2.26. The van der Waals surface area contributed by atoms with Crippen LogP contribution in [-0.2, 0) is 39.9 Å². The number of ether oxygens (including phenoxy) is 3. The minimum Gasteiger partial charge on any atom is -0.464 e. The second-order valence-corrected chi connectivity index (χ2v) is 9.33. The summed E-state index contributed by atoms with van der Waals surface area (Å²) in [5.41, 5.74) is 0.961. The van der Waals surface area contributed by atoms with Crippen LogP contribution >= 0.6 is 0 Å². The van der Waals surface area contributed by atoms with Gasteiger partial charge in [0.15, 0.2) is 6.10 Å². The lowest BCUT2D eigenvalue weighted by Gasteiger charge is -2.31. The van der Waals surface area contributed by atoms with Crippen molar-refractivity contribution in [1.82, 2.24) is 4.90 Å². The first kappa shape index (κ1) is 26.1. The van der Waals surface area contributed by atoms with Gasteiger partial charge in [0, 0.05) is 19.7 Å². The fraction of sp³-hybridized carbons (Fsp3) is 0.636. The van der Waals surface area contributed by atoms with Crippen LogP contribution in [0.3, 0.4) is 0 Å². The van der Waals surface area contributed by atoms with Crippen molar-refractivity contribution >= 4 is 22.2 Å². The van der Waals surface area contributed by atoms with Crippen molar-refractivity contribution in [2.75, 3.05) is 39.2 Å². The van der Waals surface area contributed by atoms with Crippen LogP contribution in [0.2, 0.25) is 0 Å². The zero-order chi connectivity index (χ0) is 23.4. The Bertz CT molecular complexity index is 806. The van der Waals surface area contributed by atoms with Gasteiger partial charge in [-0.25, -0.2) is 9.59 Å². The predicted molar refractivity (Wildman–Crippen MR) is 117 cm³/mol. The monoisotopic (exact) mass is 471 g/mol. The fourth-order valence-electron chi connectivity index (χ4n) is 3.46. The molecular weight excluding hydrogens is 438 g/mol. The third-order valence-electron chi connectivity index (χ3n) is 5.09. The summed E-state index contributed by atoms with van der Waals surface area (Å²) >= 11 is 0.